The number of anilines is 2. The lowest BCUT2D eigenvalue weighted by Gasteiger charge is -2.30. The number of nitrogens with zero attached hydrogens (tertiary/aromatic N) is 5. The summed E-state index contributed by atoms with van der Waals surface area (Å²) in [5.41, 5.74) is 5.38. The SMILES string of the molecule is N#Cc1c(N)sc2c(F)ccc(-c3c(F)cc4c(NCc5cn[nH]c5)nc(OC[C@@]56CCCN5C[C@H](F)C6)nc4c3F)c12. The molecule has 9 nitrogen and oxygen atoms in total. The average Bonchev–Trinajstić information content (AvgIpc) is 3.76. The topological polar surface area (TPSA) is 129 Å². The van der Waals surface area contributed by atoms with Gasteiger partial charge in [-0.15, -0.1) is 11.3 Å². The molecule has 0 radical (unpaired) electrons. The van der Waals surface area contributed by atoms with Crippen LogP contribution in [0.15, 0.2) is 30.6 Å². The third-order valence-corrected chi connectivity index (χ3v) is 9.33. The first-order valence-corrected chi connectivity index (χ1v) is 14.4. The molecule has 0 unspecified atom stereocenters. The van der Waals surface area contributed by atoms with Crippen LogP contribution in [0.3, 0.4) is 0 Å². The second-order valence-electron chi connectivity index (χ2n) is 10.9. The van der Waals surface area contributed by atoms with Crippen LogP contribution in [0.25, 0.3) is 32.1 Å². The van der Waals surface area contributed by atoms with Gasteiger partial charge in [0.2, 0.25) is 0 Å². The van der Waals surface area contributed by atoms with Crippen LogP contribution in [0.5, 0.6) is 6.01 Å². The van der Waals surface area contributed by atoms with Gasteiger partial charge in [-0.1, -0.05) is 6.07 Å². The van der Waals surface area contributed by atoms with Crippen molar-refractivity contribution in [2.24, 2.45) is 0 Å². The summed E-state index contributed by atoms with van der Waals surface area (Å²) in [5, 5.41) is 19.5. The Bertz CT molecular complexity index is 1920. The number of fused-ring (bicyclic) bond motifs is 3. The number of H-pyrrole nitrogens is 1. The smallest absolute Gasteiger partial charge is 0.319 e. The van der Waals surface area contributed by atoms with Crippen molar-refractivity contribution in [3.05, 3.63) is 59.2 Å². The predicted octanol–water partition coefficient (Wildman–Crippen LogP) is 5.67. The molecule has 0 saturated carbocycles. The molecule has 5 aromatic rings. The van der Waals surface area contributed by atoms with Gasteiger partial charge in [0, 0.05) is 42.0 Å². The Kier molecular flexibility index (Phi) is 6.59. The van der Waals surface area contributed by atoms with Crippen molar-refractivity contribution in [3.63, 3.8) is 0 Å². The fourth-order valence-corrected chi connectivity index (χ4v) is 7.29. The number of rotatable bonds is 7. The minimum atomic E-state index is -1.04. The van der Waals surface area contributed by atoms with E-state index in [4.69, 9.17) is 10.5 Å². The largest absolute Gasteiger partial charge is 0.461 e. The highest BCUT2D eigenvalue weighted by Crippen LogP contribution is 2.44. The number of nitriles is 1. The van der Waals surface area contributed by atoms with Crippen molar-refractivity contribution < 1.29 is 22.3 Å². The average molecular weight is 609 g/mol. The Morgan fingerprint density at radius 2 is 2.12 bits per heavy atom. The fraction of sp³-hybridized carbons (Fsp3) is 0.310. The highest BCUT2D eigenvalue weighted by molar-refractivity contribution is 7.23. The molecular weight excluding hydrogens is 584 g/mol. The van der Waals surface area contributed by atoms with Gasteiger partial charge in [-0.25, -0.2) is 17.6 Å². The van der Waals surface area contributed by atoms with Gasteiger partial charge in [-0.3, -0.25) is 10.00 Å². The number of hydrogen-bond donors (Lipinski definition) is 3. The van der Waals surface area contributed by atoms with Gasteiger partial charge >= 0.3 is 6.01 Å². The molecule has 0 spiro atoms. The molecule has 14 heteroatoms. The van der Waals surface area contributed by atoms with Gasteiger partial charge in [-0.2, -0.15) is 20.3 Å². The van der Waals surface area contributed by atoms with Crippen LogP contribution in [0.1, 0.15) is 30.4 Å². The normalized spacial score (nSPS) is 20.1. The van der Waals surface area contributed by atoms with Gasteiger partial charge < -0.3 is 15.8 Å². The van der Waals surface area contributed by atoms with E-state index < -0.39 is 34.7 Å². The highest BCUT2D eigenvalue weighted by Gasteiger charge is 2.49. The molecule has 43 heavy (non-hydrogen) atoms. The minimum absolute atomic E-state index is 0.0164. The van der Waals surface area contributed by atoms with Crippen LogP contribution in [-0.2, 0) is 6.54 Å². The third kappa shape index (κ3) is 4.50. The molecule has 0 amide bonds. The maximum atomic E-state index is 16.5. The number of hydrogen-bond acceptors (Lipinski definition) is 9. The second-order valence-corrected chi connectivity index (χ2v) is 11.9. The molecule has 0 bridgehead atoms. The van der Waals surface area contributed by atoms with E-state index in [1.54, 1.807) is 12.4 Å². The zero-order chi connectivity index (χ0) is 29.9. The number of nitrogen functional groups attached to an aromatic ring is 1. The number of aromatic nitrogens is 4. The maximum absolute atomic E-state index is 16.5. The molecular formula is C29H24F4N8OS. The number of benzene rings is 2. The van der Waals surface area contributed by atoms with E-state index in [1.165, 1.54) is 6.07 Å². The maximum Gasteiger partial charge on any atom is 0.319 e. The van der Waals surface area contributed by atoms with E-state index in [0.717, 1.165) is 48.4 Å². The highest BCUT2D eigenvalue weighted by atomic mass is 32.1. The molecule has 2 fully saturated rings. The Balaban J connectivity index is 1.36. The molecule has 7 rings (SSSR count). The van der Waals surface area contributed by atoms with Crippen molar-refractivity contribution in [2.75, 3.05) is 30.7 Å². The summed E-state index contributed by atoms with van der Waals surface area (Å²) in [4.78, 5) is 10.9. The standard InChI is InChI=1S/C29H24F4N8OS/c30-15-7-29(4-1-5-41(29)12-15)13-42-28-39-24-17(27(40-28)36-9-14-10-37-38-11-14)6-20(32)22(23(24)33)16-2-3-19(31)25-21(16)18(8-34)26(35)43-25/h2-3,6,10-11,15H,1,4-5,7,9,12-13,35H2,(H,37,38)(H,36,39,40)/t15-,29+/m1/s1. The summed E-state index contributed by atoms with van der Waals surface area (Å²) in [6.45, 7) is 1.43. The second kappa shape index (κ2) is 10.4. The van der Waals surface area contributed by atoms with Crippen molar-refractivity contribution >= 4 is 43.1 Å². The number of thiophene rings is 1. The first kappa shape index (κ1) is 27.4. The van der Waals surface area contributed by atoms with Crippen molar-refractivity contribution in [2.45, 2.75) is 37.5 Å². The number of alkyl halides is 1. The van der Waals surface area contributed by atoms with Crippen LogP contribution in [0.2, 0.25) is 0 Å². The summed E-state index contributed by atoms with van der Waals surface area (Å²) in [7, 11) is 0. The van der Waals surface area contributed by atoms with Gasteiger partial charge in [0.15, 0.2) is 5.82 Å². The Hall–Kier alpha value is -4.48. The lowest BCUT2D eigenvalue weighted by atomic mass is 9.95. The number of aromatic amines is 1. The molecule has 2 aliphatic rings. The Morgan fingerprint density at radius 1 is 1.26 bits per heavy atom. The van der Waals surface area contributed by atoms with Gasteiger partial charge in [0.25, 0.3) is 0 Å². The van der Waals surface area contributed by atoms with Crippen LogP contribution in [-0.4, -0.2) is 56.5 Å². The van der Waals surface area contributed by atoms with Crippen LogP contribution >= 0.6 is 11.3 Å². The van der Waals surface area contributed by atoms with Gasteiger partial charge in [0.1, 0.15) is 46.8 Å². The zero-order valence-electron chi connectivity index (χ0n) is 22.6. The molecule has 0 aliphatic carbocycles. The number of halogens is 4. The summed E-state index contributed by atoms with van der Waals surface area (Å²) in [6, 6.07) is 5.15. The zero-order valence-corrected chi connectivity index (χ0v) is 23.4. The van der Waals surface area contributed by atoms with E-state index in [2.05, 4.69) is 30.4 Å². The third-order valence-electron chi connectivity index (χ3n) is 8.31. The van der Waals surface area contributed by atoms with E-state index in [9.17, 15) is 14.0 Å². The monoisotopic (exact) mass is 608 g/mol. The van der Waals surface area contributed by atoms with Gasteiger partial charge in [-0.05, 0) is 37.1 Å². The number of nitrogens with one attached hydrogen (secondary N) is 2. The summed E-state index contributed by atoms with van der Waals surface area (Å²) >= 11 is 0.831. The fourth-order valence-electron chi connectivity index (χ4n) is 6.34. The molecule has 2 aromatic carbocycles. The minimum Gasteiger partial charge on any atom is -0.461 e. The first-order valence-electron chi connectivity index (χ1n) is 13.6. The summed E-state index contributed by atoms with van der Waals surface area (Å²) in [5.74, 6) is -2.55. The molecule has 2 saturated heterocycles. The predicted molar refractivity (Wildman–Crippen MR) is 154 cm³/mol. The summed E-state index contributed by atoms with van der Waals surface area (Å²) in [6.07, 6.45) is 4.27. The number of ether oxygens (including phenoxy) is 1. The lowest BCUT2D eigenvalue weighted by Crippen LogP contribution is -2.43. The lowest BCUT2D eigenvalue weighted by molar-refractivity contribution is 0.107. The van der Waals surface area contributed by atoms with E-state index >= 15 is 8.78 Å². The molecule has 4 N–H and O–H groups in total. The van der Waals surface area contributed by atoms with Crippen molar-refractivity contribution in [1.82, 2.24) is 25.1 Å². The van der Waals surface area contributed by atoms with E-state index in [1.807, 2.05) is 6.07 Å². The molecule has 2 atom stereocenters. The first-order chi connectivity index (χ1) is 20.8. The van der Waals surface area contributed by atoms with Gasteiger partial charge in [0.05, 0.1) is 27.6 Å². The number of nitrogens with two attached hydrogens (primary N) is 1. The van der Waals surface area contributed by atoms with Crippen LogP contribution in [0, 0.1) is 28.8 Å². The van der Waals surface area contributed by atoms with Crippen molar-refractivity contribution in [1.29, 1.82) is 5.26 Å². The Morgan fingerprint density at radius 3 is 2.91 bits per heavy atom. The van der Waals surface area contributed by atoms with E-state index in [0.29, 0.717) is 13.0 Å². The quantitative estimate of drug-likeness (QED) is 0.202. The van der Waals surface area contributed by atoms with Crippen molar-refractivity contribution in [3.8, 4) is 23.2 Å². The molecule has 5 heterocycles. The molecule has 3 aromatic heterocycles. The van der Waals surface area contributed by atoms with Crippen LogP contribution < -0.4 is 15.8 Å². The Labute approximate surface area is 246 Å². The van der Waals surface area contributed by atoms with Crippen LogP contribution in [0.4, 0.5) is 28.4 Å². The van der Waals surface area contributed by atoms with E-state index in [-0.39, 0.29) is 62.1 Å². The summed E-state index contributed by atoms with van der Waals surface area (Å²) < 4.78 is 67.4. The molecule has 2 aliphatic heterocycles. The molecule has 220 valence electrons.